The van der Waals surface area contributed by atoms with Gasteiger partial charge in [0.25, 0.3) is 0 Å². The molecule has 0 spiro atoms. The fourth-order valence-electron chi connectivity index (χ4n) is 5.79. The Hall–Kier alpha value is -2.65. The average Bonchev–Trinajstić information content (AvgIpc) is 3.54. The van der Waals surface area contributed by atoms with E-state index in [0.717, 1.165) is 59.0 Å². The predicted octanol–water partition coefficient (Wildman–Crippen LogP) is 6.96. The number of hydrogen-bond donors (Lipinski definition) is 0. The molecule has 38 heavy (non-hydrogen) atoms. The molecule has 4 heterocycles. The minimum absolute atomic E-state index is 0.183. The molecule has 2 aromatic carbocycles. The third kappa shape index (κ3) is 4.18. The number of esters is 1. The lowest BCUT2D eigenvalue weighted by Crippen LogP contribution is -2.59. The summed E-state index contributed by atoms with van der Waals surface area (Å²) in [5.74, 6) is 1.83. The second-order valence-corrected chi connectivity index (χ2v) is 12.2. The van der Waals surface area contributed by atoms with Crippen molar-refractivity contribution in [2.75, 3.05) is 25.1 Å². The number of anilines is 1. The van der Waals surface area contributed by atoms with Crippen molar-refractivity contribution in [3.05, 3.63) is 63.3 Å². The average molecular weight is 570 g/mol. The highest BCUT2D eigenvalue weighted by Gasteiger charge is 2.48. The summed E-state index contributed by atoms with van der Waals surface area (Å²) in [5, 5.41) is 6.49. The Bertz CT molecular complexity index is 1520. The monoisotopic (exact) mass is 569 g/mol. The molecule has 196 valence electrons. The Morgan fingerprint density at radius 1 is 1.16 bits per heavy atom. The van der Waals surface area contributed by atoms with Crippen LogP contribution in [-0.2, 0) is 16.1 Å². The number of thiazole rings is 1. The zero-order chi connectivity index (χ0) is 26.0. The van der Waals surface area contributed by atoms with Gasteiger partial charge in [0, 0.05) is 42.0 Å². The van der Waals surface area contributed by atoms with E-state index in [1.165, 1.54) is 7.11 Å². The Morgan fingerprint density at radius 2 is 1.92 bits per heavy atom. The van der Waals surface area contributed by atoms with Gasteiger partial charge in [-0.2, -0.15) is 0 Å². The van der Waals surface area contributed by atoms with Crippen molar-refractivity contribution in [2.24, 2.45) is 11.8 Å². The van der Waals surface area contributed by atoms with Gasteiger partial charge in [-0.15, -0.1) is 0 Å². The van der Waals surface area contributed by atoms with Gasteiger partial charge in [-0.3, -0.25) is 0 Å². The van der Waals surface area contributed by atoms with E-state index >= 15 is 0 Å². The van der Waals surface area contributed by atoms with Crippen LogP contribution in [0.15, 0.2) is 40.9 Å². The van der Waals surface area contributed by atoms with E-state index in [1.54, 1.807) is 17.4 Å². The SMILES string of the molecule is COC(=O)c1ccc2nc(N3CC4CC(C3)C4OCc3c(-c4c(Cl)cccc4Cl)noc3C3CC3)sc2c1. The lowest BCUT2D eigenvalue weighted by molar-refractivity contribution is -0.111. The topological polar surface area (TPSA) is 77.7 Å². The first-order valence-corrected chi connectivity index (χ1v) is 14.4. The lowest BCUT2D eigenvalue weighted by Gasteiger charge is -2.53. The first kappa shape index (κ1) is 24.4. The van der Waals surface area contributed by atoms with Crippen LogP contribution in [0.25, 0.3) is 21.5 Å². The molecular weight excluding hydrogens is 545 g/mol. The smallest absolute Gasteiger partial charge is 0.337 e. The number of nitrogens with zero attached hydrogens (tertiary/aromatic N) is 3. The van der Waals surface area contributed by atoms with Crippen LogP contribution in [0.3, 0.4) is 0 Å². The minimum atomic E-state index is -0.335. The molecule has 4 aromatic rings. The van der Waals surface area contributed by atoms with Crippen LogP contribution in [0.1, 0.15) is 46.9 Å². The third-order valence-electron chi connectivity index (χ3n) is 7.90. The minimum Gasteiger partial charge on any atom is -0.465 e. The van der Waals surface area contributed by atoms with E-state index in [0.29, 0.717) is 51.2 Å². The number of methoxy groups -OCH3 is 1. The summed E-state index contributed by atoms with van der Waals surface area (Å²) in [4.78, 5) is 19.1. The quantitative estimate of drug-likeness (QED) is 0.222. The number of halogens is 2. The van der Waals surface area contributed by atoms with E-state index in [9.17, 15) is 4.79 Å². The van der Waals surface area contributed by atoms with Crippen molar-refractivity contribution in [3.63, 3.8) is 0 Å². The van der Waals surface area contributed by atoms with Crippen LogP contribution >= 0.6 is 34.5 Å². The van der Waals surface area contributed by atoms with Crippen molar-refractivity contribution in [1.29, 1.82) is 0 Å². The molecule has 0 radical (unpaired) electrons. The molecule has 2 saturated carbocycles. The van der Waals surface area contributed by atoms with Gasteiger partial charge in [0.05, 0.1) is 45.6 Å². The molecule has 2 aliphatic carbocycles. The molecule has 2 bridgehead atoms. The van der Waals surface area contributed by atoms with Gasteiger partial charge in [-0.1, -0.05) is 45.8 Å². The molecule has 8 rings (SSSR count). The Balaban J connectivity index is 1.07. The van der Waals surface area contributed by atoms with Gasteiger partial charge >= 0.3 is 5.97 Å². The van der Waals surface area contributed by atoms with Crippen molar-refractivity contribution < 1.29 is 18.8 Å². The normalized spacial score (nSPS) is 22.5. The number of fused-ring (bicyclic) bond motifs is 3. The Morgan fingerprint density at radius 3 is 2.63 bits per heavy atom. The van der Waals surface area contributed by atoms with E-state index in [-0.39, 0.29) is 12.1 Å². The molecule has 0 N–H and O–H groups in total. The molecule has 7 nitrogen and oxygen atoms in total. The lowest BCUT2D eigenvalue weighted by atomic mass is 9.68. The fraction of sp³-hybridized carbons (Fsp3) is 0.393. The number of aromatic nitrogens is 2. The highest BCUT2D eigenvalue weighted by molar-refractivity contribution is 7.22. The second kappa shape index (κ2) is 9.52. The summed E-state index contributed by atoms with van der Waals surface area (Å²) in [5.41, 5.74) is 3.81. The molecule has 2 unspecified atom stereocenters. The molecule has 0 amide bonds. The summed E-state index contributed by atoms with van der Waals surface area (Å²) in [6, 6.07) is 11.0. The van der Waals surface area contributed by atoms with Crippen molar-refractivity contribution in [1.82, 2.24) is 10.1 Å². The number of carbonyl (C=O) groups excluding carboxylic acids is 1. The van der Waals surface area contributed by atoms with Gasteiger partial charge in [-0.05, 0) is 49.6 Å². The largest absolute Gasteiger partial charge is 0.465 e. The molecule has 2 aliphatic heterocycles. The maximum Gasteiger partial charge on any atom is 0.337 e. The zero-order valence-corrected chi connectivity index (χ0v) is 23.0. The molecule has 10 heteroatoms. The first-order valence-electron chi connectivity index (χ1n) is 12.8. The highest BCUT2D eigenvalue weighted by Crippen LogP contribution is 2.48. The molecular formula is C28H25Cl2N3O4S. The number of rotatable bonds is 7. The Labute approximate surface area is 233 Å². The maximum atomic E-state index is 11.9. The van der Waals surface area contributed by atoms with Crippen molar-refractivity contribution >= 4 is 55.9 Å². The van der Waals surface area contributed by atoms with Crippen molar-refractivity contribution in [2.45, 2.75) is 37.9 Å². The molecule has 2 atom stereocenters. The summed E-state index contributed by atoms with van der Waals surface area (Å²) in [6.45, 7) is 2.22. The van der Waals surface area contributed by atoms with Crippen LogP contribution in [0.4, 0.5) is 5.13 Å². The van der Waals surface area contributed by atoms with Crippen LogP contribution in [0.2, 0.25) is 10.0 Å². The zero-order valence-electron chi connectivity index (χ0n) is 20.7. The number of hydrogen-bond acceptors (Lipinski definition) is 8. The van der Waals surface area contributed by atoms with E-state index < -0.39 is 0 Å². The summed E-state index contributed by atoms with van der Waals surface area (Å²) < 4.78 is 18.2. The predicted molar refractivity (Wildman–Crippen MR) is 147 cm³/mol. The number of piperidine rings is 2. The summed E-state index contributed by atoms with van der Waals surface area (Å²) >= 11 is 14.6. The van der Waals surface area contributed by atoms with Crippen molar-refractivity contribution in [3.8, 4) is 11.3 Å². The van der Waals surface area contributed by atoms with E-state index in [4.69, 9.17) is 42.2 Å². The fourth-order valence-corrected chi connectivity index (χ4v) is 7.39. The number of ether oxygens (including phenoxy) is 2. The van der Waals surface area contributed by atoms with Gasteiger partial charge in [0.15, 0.2) is 5.13 Å². The number of benzene rings is 2. The van der Waals surface area contributed by atoms with Crippen LogP contribution < -0.4 is 4.90 Å². The standard InChI is InChI=1S/C28H25Cl2N3O4S/c1-35-27(34)15-7-8-21-22(10-15)38-28(31-21)33-11-16-9-17(12-33)25(16)36-13-18-24(32-37-26(18)14-5-6-14)23-19(29)3-2-4-20(23)30/h2-4,7-8,10,14,16-17,25H,5-6,9,11-13H2,1H3. The summed E-state index contributed by atoms with van der Waals surface area (Å²) in [6.07, 6.45) is 3.54. The van der Waals surface area contributed by atoms with E-state index in [1.807, 2.05) is 30.3 Å². The Kier molecular flexibility index (Phi) is 6.11. The van der Waals surface area contributed by atoms with Crippen LogP contribution in [-0.4, -0.2) is 42.4 Å². The maximum absolute atomic E-state index is 11.9. The van der Waals surface area contributed by atoms with Gasteiger partial charge in [0.2, 0.25) is 0 Å². The number of carbonyl (C=O) groups is 1. The summed E-state index contributed by atoms with van der Waals surface area (Å²) in [7, 11) is 1.39. The van der Waals surface area contributed by atoms with Gasteiger partial charge in [0.1, 0.15) is 11.5 Å². The second-order valence-electron chi connectivity index (χ2n) is 10.4. The van der Waals surface area contributed by atoms with Gasteiger partial charge < -0.3 is 18.9 Å². The van der Waals surface area contributed by atoms with Crippen LogP contribution in [0, 0.1) is 11.8 Å². The molecule has 2 aromatic heterocycles. The van der Waals surface area contributed by atoms with Gasteiger partial charge in [-0.25, -0.2) is 9.78 Å². The molecule has 4 fully saturated rings. The first-order chi connectivity index (χ1) is 18.5. The van der Waals surface area contributed by atoms with Crippen LogP contribution in [0.5, 0.6) is 0 Å². The highest BCUT2D eigenvalue weighted by atomic mass is 35.5. The third-order valence-corrected chi connectivity index (χ3v) is 9.61. The van der Waals surface area contributed by atoms with E-state index in [2.05, 4.69) is 10.1 Å². The molecule has 4 aliphatic rings. The molecule has 2 saturated heterocycles.